The fourth-order valence-corrected chi connectivity index (χ4v) is 4.81. The van der Waals surface area contributed by atoms with Gasteiger partial charge in [0.15, 0.2) is 0 Å². The fourth-order valence-electron chi connectivity index (χ4n) is 3.04. The third-order valence-electron chi connectivity index (χ3n) is 4.37. The number of nitrogens with one attached hydrogen (secondary N) is 1. The van der Waals surface area contributed by atoms with Crippen LogP contribution in [0.1, 0.15) is 30.1 Å². The molecular formula is C19H18NO5S2-. The van der Waals surface area contributed by atoms with E-state index in [0.29, 0.717) is 22.5 Å². The predicted octanol–water partition coefficient (Wildman–Crippen LogP) is 2.92. The van der Waals surface area contributed by atoms with Crippen molar-refractivity contribution in [1.82, 2.24) is 0 Å². The summed E-state index contributed by atoms with van der Waals surface area (Å²) in [6.07, 6.45) is 4.12. The summed E-state index contributed by atoms with van der Waals surface area (Å²) in [5.41, 5.74) is 0.998. The number of carbonyl (C=O) groups excluding carboxylic acids is 3. The first-order valence-electron chi connectivity index (χ1n) is 8.52. The molecule has 27 heavy (non-hydrogen) atoms. The van der Waals surface area contributed by atoms with Gasteiger partial charge in [0.05, 0.1) is 12.5 Å². The lowest BCUT2D eigenvalue weighted by atomic mass is 9.82. The molecule has 0 aromatic carbocycles. The molecule has 0 fully saturated rings. The Bertz CT molecular complexity index is 869. The zero-order valence-corrected chi connectivity index (χ0v) is 16.2. The molecule has 1 aliphatic rings. The van der Waals surface area contributed by atoms with E-state index >= 15 is 0 Å². The summed E-state index contributed by atoms with van der Waals surface area (Å²) in [4.78, 5) is 37.5. The van der Waals surface area contributed by atoms with Crippen LogP contribution in [0.3, 0.4) is 0 Å². The van der Waals surface area contributed by atoms with Crippen LogP contribution in [0, 0.1) is 11.8 Å². The highest BCUT2D eigenvalue weighted by molar-refractivity contribution is 7.17. The minimum Gasteiger partial charge on any atom is -0.550 e. The number of aliphatic carboxylic acids is 1. The highest BCUT2D eigenvalue weighted by Gasteiger charge is 2.31. The van der Waals surface area contributed by atoms with E-state index in [0.717, 1.165) is 4.88 Å². The number of carboxylic acids is 1. The van der Waals surface area contributed by atoms with Crippen LogP contribution in [0.15, 0.2) is 35.0 Å². The summed E-state index contributed by atoms with van der Waals surface area (Å²) in [7, 11) is 0. The average Bonchev–Trinajstić information content (AvgIpc) is 3.31. The van der Waals surface area contributed by atoms with Gasteiger partial charge in [0.2, 0.25) is 5.91 Å². The largest absolute Gasteiger partial charge is 0.550 e. The Balaban J connectivity index is 1.90. The van der Waals surface area contributed by atoms with E-state index in [1.165, 1.54) is 22.7 Å². The zero-order chi connectivity index (χ0) is 19.4. The van der Waals surface area contributed by atoms with Gasteiger partial charge in [-0.05, 0) is 31.2 Å². The van der Waals surface area contributed by atoms with Crippen molar-refractivity contribution in [3.63, 3.8) is 0 Å². The van der Waals surface area contributed by atoms with Gasteiger partial charge >= 0.3 is 5.97 Å². The Morgan fingerprint density at radius 1 is 1.22 bits per heavy atom. The van der Waals surface area contributed by atoms with Gasteiger partial charge < -0.3 is 20.0 Å². The van der Waals surface area contributed by atoms with Crippen LogP contribution < -0.4 is 10.4 Å². The number of allylic oxidation sites excluding steroid dienone is 2. The SMILES string of the molecule is CCOC(=O)c1c(-c2cccs2)csc1NC(=O)[C@@H]1CC=CC[C@@H]1C(=O)[O-]. The lowest BCUT2D eigenvalue weighted by Gasteiger charge is -2.28. The molecule has 2 aromatic heterocycles. The van der Waals surface area contributed by atoms with Crippen LogP contribution >= 0.6 is 22.7 Å². The van der Waals surface area contributed by atoms with E-state index in [4.69, 9.17) is 4.74 Å². The van der Waals surface area contributed by atoms with Gasteiger partial charge in [0, 0.05) is 27.7 Å². The molecule has 2 heterocycles. The van der Waals surface area contributed by atoms with Crippen LogP contribution in [0.5, 0.6) is 0 Å². The molecule has 8 heteroatoms. The Morgan fingerprint density at radius 3 is 2.59 bits per heavy atom. The molecule has 2 atom stereocenters. The number of hydrogen-bond donors (Lipinski definition) is 1. The number of thiophene rings is 2. The lowest BCUT2D eigenvalue weighted by Crippen LogP contribution is -2.41. The Morgan fingerprint density at radius 2 is 1.96 bits per heavy atom. The van der Waals surface area contributed by atoms with E-state index < -0.39 is 29.7 Å². The molecule has 0 radical (unpaired) electrons. The topological polar surface area (TPSA) is 95.5 Å². The van der Waals surface area contributed by atoms with Gasteiger partial charge in [-0.2, -0.15) is 0 Å². The number of carbonyl (C=O) groups is 3. The third-order valence-corrected chi connectivity index (χ3v) is 6.16. The highest BCUT2D eigenvalue weighted by atomic mass is 32.1. The van der Waals surface area contributed by atoms with Gasteiger partial charge in [0.1, 0.15) is 10.6 Å². The van der Waals surface area contributed by atoms with Crippen molar-refractivity contribution in [3.05, 3.63) is 40.6 Å². The van der Waals surface area contributed by atoms with E-state index in [-0.39, 0.29) is 13.0 Å². The molecule has 1 N–H and O–H groups in total. The molecule has 0 aliphatic heterocycles. The minimum atomic E-state index is -1.24. The molecule has 6 nitrogen and oxygen atoms in total. The first-order valence-corrected chi connectivity index (χ1v) is 10.3. The maximum Gasteiger partial charge on any atom is 0.341 e. The van der Waals surface area contributed by atoms with Crippen molar-refractivity contribution in [2.24, 2.45) is 11.8 Å². The molecule has 2 aromatic rings. The summed E-state index contributed by atoms with van der Waals surface area (Å²) in [6, 6.07) is 3.77. The van der Waals surface area contributed by atoms with E-state index in [9.17, 15) is 19.5 Å². The molecule has 0 saturated heterocycles. The maximum atomic E-state index is 12.7. The highest BCUT2D eigenvalue weighted by Crippen LogP contribution is 2.39. The minimum absolute atomic E-state index is 0.214. The van der Waals surface area contributed by atoms with Crippen molar-refractivity contribution in [3.8, 4) is 10.4 Å². The first kappa shape index (κ1) is 19.3. The van der Waals surface area contributed by atoms with E-state index in [1.54, 1.807) is 24.5 Å². The molecule has 0 unspecified atom stereocenters. The number of anilines is 1. The van der Waals surface area contributed by atoms with E-state index in [2.05, 4.69) is 5.32 Å². The quantitative estimate of drug-likeness (QED) is 0.590. The fraction of sp³-hybridized carbons (Fsp3) is 0.316. The Kier molecular flexibility index (Phi) is 6.08. The summed E-state index contributed by atoms with van der Waals surface area (Å²) < 4.78 is 5.16. The molecule has 142 valence electrons. The second-order valence-corrected chi connectivity index (χ2v) is 7.84. The monoisotopic (exact) mass is 404 g/mol. The van der Waals surface area contributed by atoms with Crippen LogP contribution in [-0.2, 0) is 14.3 Å². The van der Waals surface area contributed by atoms with E-state index in [1.807, 2.05) is 17.5 Å². The number of hydrogen-bond acceptors (Lipinski definition) is 7. The summed E-state index contributed by atoms with van der Waals surface area (Å²) in [6.45, 7) is 1.93. The number of carboxylic acid groups (broad SMARTS) is 1. The average molecular weight is 404 g/mol. The second kappa shape index (κ2) is 8.49. The van der Waals surface area contributed by atoms with Gasteiger partial charge in [-0.3, -0.25) is 4.79 Å². The standard InChI is InChI=1S/C19H19NO5S2/c1-2-25-19(24)15-13(14-8-5-9-26-14)10-27-17(15)20-16(21)11-6-3-4-7-12(11)18(22)23/h3-5,8-12H,2,6-7H2,1H3,(H,20,21)(H,22,23)/p-1/t11-,12+/m1/s1. The molecule has 3 rings (SSSR count). The summed E-state index contributed by atoms with van der Waals surface area (Å²) in [5.74, 6) is -3.80. The lowest BCUT2D eigenvalue weighted by molar-refractivity contribution is -0.313. The molecule has 0 saturated carbocycles. The second-order valence-electron chi connectivity index (χ2n) is 6.02. The number of esters is 1. The van der Waals surface area contributed by atoms with Gasteiger partial charge in [0.25, 0.3) is 0 Å². The Labute approximate surface area is 164 Å². The van der Waals surface area contributed by atoms with Crippen LogP contribution in [0.2, 0.25) is 0 Å². The normalized spacial score (nSPS) is 18.9. The molecule has 1 amide bonds. The van der Waals surface area contributed by atoms with Crippen LogP contribution in [-0.4, -0.2) is 24.5 Å². The van der Waals surface area contributed by atoms with Crippen molar-refractivity contribution < 1.29 is 24.2 Å². The van der Waals surface area contributed by atoms with Crippen LogP contribution in [0.4, 0.5) is 5.00 Å². The predicted molar refractivity (Wildman–Crippen MR) is 103 cm³/mol. The number of rotatable bonds is 6. The zero-order valence-electron chi connectivity index (χ0n) is 14.6. The van der Waals surface area contributed by atoms with Crippen LogP contribution in [0.25, 0.3) is 10.4 Å². The summed E-state index contributed by atoms with van der Waals surface area (Å²) >= 11 is 2.70. The van der Waals surface area contributed by atoms with Crippen molar-refractivity contribution in [2.45, 2.75) is 19.8 Å². The summed E-state index contributed by atoms with van der Waals surface area (Å²) in [5, 5.41) is 18.2. The Hall–Kier alpha value is -2.45. The first-order chi connectivity index (χ1) is 13.0. The number of amides is 1. The molecule has 0 bridgehead atoms. The molecule has 1 aliphatic carbocycles. The van der Waals surface area contributed by atoms with Crippen molar-refractivity contribution in [1.29, 1.82) is 0 Å². The maximum absolute atomic E-state index is 12.7. The van der Waals surface area contributed by atoms with Gasteiger partial charge in [-0.25, -0.2) is 4.79 Å². The van der Waals surface area contributed by atoms with Gasteiger partial charge in [-0.1, -0.05) is 18.2 Å². The van der Waals surface area contributed by atoms with Crippen molar-refractivity contribution >= 4 is 45.5 Å². The van der Waals surface area contributed by atoms with Crippen molar-refractivity contribution in [2.75, 3.05) is 11.9 Å². The molecule has 0 spiro atoms. The smallest absolute Gasteiger partial charge is 0.341 e. The number of ether oxygens (including phenoxy) is 1. The van der Waals surface area contributed by atoms with Gasteiger partial charge in [-0.15, -0.1) is 22.7 Å². The third kappa shape index (κ3) is 4.12. The molecular weight excluding hydrogens is 386 g/mol.